The highest BCUT2D eigenvalue weighted by molar-refractivity contribution is 5.29. The van der Waals surface area contributed by atoms with E-state index in [9.17, 15) is 13.2 Å². The van der Waals surface area contributed by atoms with E-state index in [-0.39, 0.29) is 5.75 Å². The highest BCUT2D eigenvalue weighted by atomic mass is 19.4. The molecule has 0 saturated heterocycles. The molecule has 1 N–H and O–H groups in total. The van der Waals surface area contributed by atoms with Crippen molar-refractivity contribution in [1.82, 2.24) is 5.48 Å². The fourth-order valence-electron chi connectivity index (χ4n) is 0.891. The summed E-state index contributed by atoms with van der Waals surface area (Å²) < 4.78 is 36.6. The molecule has 0 atom stereocenters. The van der Waals surface area contributed by atoms with Gasteiger partial charge in [0.25, 0.3) is 0 Å². The Morgan fingerprint density at radius 1 is 1.36 bits per heavy atom. The monoisotopic (exact) mass is 205 g/mol. The Morgan fingerprint density at radius 2 is 2.07 bits per heavy atom. The minimum absolute atomic E-state index is 0.154. The SMILES string of the molecule is CCNOc1cccc(C(F)(F)F)c1. The van der Waals surface area contributed by atoms with Crippen LogP contribution in [0.4, 0.5) is 13.2 Å². The Morgan fingerprint density at radius 3 is 2.64 bits per heavy atom. The second-order valence-corrected chi connectivity index (χ2v) is 2.63. The Hall–Kier alpha value is -1.23. The molecule has 0 radical (unpaired) electrons. The van der Waals surface area contributed by atoms with Gasteiger partial charge in [0, 0.05) is 6.54 Å². The topological polar surface area (TPSA) is 21.3 Å². The number of alkyl halides is 3. The van der Waals surface area contributed by atoms with Gasteiger partial charge < -0.3 is 4.84 Å². The van der Waals surface area contributed by atoms with Crippen LogP contribution in [0.25, 0.3) is 0 Å². The quantitative estimate of drug-likeness (QED) is 0.766. The minimum Gasteiger partial charge on any atom is -0.409 e. The zero-order chi connectivity index (χ0) is 10.6. The summed E-state index contributed by atoms with van der Waals surface area (Å²) in [7, 11) is 0. The third kappa shape index (κ3) is 2.92. The molecule has 0 fully saturated rings. The van der Waals surface area contributed by atoms with Crippen LogP contribution in [0.3, 0.4) is 0 Å². The highest BCUT2D eigenvalue weighted by Gasteiger charge is 2.30. The molecule has 0 aliphatic rings. The summed E-state index contributed by atoms with van der Waals surface area (Å²) in [6, 6.07) is 4.70. The minimum atomic E-state index is -4.33. The number of hydrogen-bond donors (Lipinski definition) is 1. The van der Waals surface area contributed by atoms with Crippen LogP contribution in [0.2, 0.25) is 0 Å². The molecule has 78 valence electrons. The summed E-state index contributed by atoms with van der Waals surface area (Å²) >= 11 is 0. The Bertz CT molecular complexity index is 298. The van der Waals surface area contributed by atoms with Gasteiger partial charge in [0.2, 0.25) is 0 Å². The van der Waals surface area contributed by atoms with Crippen molar-refractivity contribution in [2.75, 3.05) is 6.54 Å². The predicted molar refractivity (Wildman–Crippen MR) is 45.7 cm³/mol. The second-order valence-electron chi connectivity index (χ2n) is 2.63. The van der Waals surface area contributed by atoms with E-state index < -0.39 is 11.7 Å². The smallest absolute Gasteiger partial charge is 0.409 e. The lowest BCUT2D eigenvalue weighted by Gasteiger charge is -2.09. The van der Waals surface area contributed by atoms with Gasteiger partial charge in [-0.05, 0) is 25.1 Å². The molecule has 0 bridgehead atoms. The van der Waals surface area contributed by atoms with Gasteiger partial charge in [0.05, 0.1) is 5.56 Å². The molecule has 14 heavy (non-hydrogen) atoms. The van der Waals surface area contributed by atoms with Gasteiger partial charge in [-0.1, -0.05) is 6.07 Å². The van der Waals surface area contributed by atoms with Crippen molar-refractivity contribution in [3.05, 3.63) is 29.8 Å². The summed E-state index contributed by atoms with van der Waals surface area (Å²) in [4.78, 5) is 4.84. The van der Waals surface area contributed by atoms with Crippen LogP contribution in [-0.4, -0.2) is 6.54 Å². The lowest BCUT2D eigenvalue weighted by Crippen LogP contribution is -2.17. The summed E-state index contributed by atoms with van der Waals surface area (Å²) in [6.45, 7) is 2.31. The van der Waals surface area contributed by atoms with Gasteiger partial charge in [0.15, 0.2) is 0 Å². The first kappa shape index (κ1) is 10.8. The molecule has 1 rings (SSSR count). The zero-order valence-corrected chi connectivity index (χ0v) is 7.56. The van der Waals surface area contributed by atoms with Crippen molar-refractivity contribution in [2.45, 2.75) is 13.1 Å². The molecule has 0 saturated carbocycles. The second kappa shape index (κ2) is 4.32. The van der Waals surface area contributed by atoms with E-state index in [1.807, 2.05) is 0 Å². The van der Waals surface area contributed by atoms with E-state index in [1.54, 1.807) is 6.92 Å². The molecular formula is C9H10F3NO. The first-order valence-electron chi connectivity index (χ1n) is 4.11. The van der Waals surface area contributed by atoms with Crippen molar-refractivity contribution < 1.29 is 18.0 Å². The van der Waals surface area contributed by atoms with Crippen molar-refractivity contribution >= 4 is 0 Å². The van der Waals surface area contributed by atoms with Crippen LogP contribution in [-0.2, 0) is 6.18 Å². The molecule has 1 aromatic rings. The van der Waals surface area contributed by atoms with Crippen LogP contribution in [0, 0.1) is 0 Å². The molecule has 1 aromatic carbocycles. The summed E-state index contributed by atoms with van der Waals surface area (Å²) in [5.41, 5.74) is 1.76. The molecule has 0 aliphatic heterocycles. The lowest BCUT2D eigenvalue weighted by molar-refractivity contribution is -0.137. The van der Waals surface area contributed by atoms with Crippen molar-refractivity contribution in [3.8, 4) is 5.75 Å². The van der Waals surface area contributed by atoms with Crippen molar-refractivity contribution in [1.29, 1.82) is 0 Å². The highest BCUT2D eigenvalue weighted by Crippen LogP contribution is 2.30. The number of nitrogens with one attached hydrogen (secondary N) is 1. The molecule has 0 amide bonds. The maximum absolute atomic E-state index is 12.2. The van der Waals surface area contributed by atoms with E-state index in [0.717, 1.165) is 12.1 Å². The standard InChI is InChI=1S/C9H10F3NO/c1-2-13-14-8-5-3-4-7(6-8)9(10,11)12/h3-6,13H,2H2,1H3. The van der Waals surface area contributed by atoms with E-state index in [1.165, 1.54) is 12.1 Å². The van der Waals surface area contributed by atoms with Crippen LogP contribution >= 0.6 is 0 Å². The molecule has 0 heterocycles. The van der Waals surface area contributed by atoms with Gasteiger partial charge in [-0.3, -0.25) is 0 Å². The molecule has 0 aromatic heterocycles. The Balaban J connectivity index is 2.79. The van der Waals surface area contributed by atoms with Crippen molar-refractivity contribution in [2.24, 2.45) is 0 Å². The Labute approximate surface area is 79.6 Å². The van der Waals surface area contributed by atoms with Crippen molar-refractivity contribution in [3.63, 3.8) is 0 Å². The average Bonchev–Trinajstić information content (AvgIpc) is 2.14. The van der Waals surface area contributed by atoms with Crippen LogP contribution in [0.5, 0.6) is 5.75 Å². The Kier molecular flexibility index (Phi) is 3.35. The zero-order valence-electron chi connectivity index (χ0n) is 7.56. The maximum atomic E-state index is 12.2. The first-order chi connectivity index (χ1) is 6.54. The fourth-order valence-corrected chi connectivity index (χ4v) is 0.891. The first-order valence-corrected chi connectivity index (χ1v) is 4.11. The molecule has 0 aliphatic carbocycles. The lowest BCUT2D eigenvalue weighted by atomic mass is 10.2. The fraction of sp³-hybridized carbons (Fsp3) is 0.333. The van der Waals surface area contributed by atoms with E-state index in [4.69, 9.17) is 4.84 Å². The van der Waals surface area contributed by atoms with E-state index in [2.05, 4.69) is 5.48 Å². The molecular weight excluding hydrogens is 195 g/mol. The number of benzene rings is 1. The average molecular weight is 205 g/mol. The third-order valence-corrected chi connectivity index (χ3v) is 1.50. The van der Waals surface area contributed by atoms with E-state index in [0.29, 0.717) is 6.54 Å². The summed E-state index contributed by atoms with van der Waals surface area (Å²) in [5.74, 6) is 0.154. The third-order valence-electron chi connectivity index (χ3n) is 1.50. The number of halogens is 3. The molecule has 2 nitrogen and oxygen atoms in total. The molecule has 5 heteroatoms. The summed E-state index contributed by atoms with van der Waals surface area (Å²) in [6.07, 6.45) is -4.33. The van der Waals surface area contributed by atoms with Crippen LogP contribution < -0.4 is 10.3 Å². The van der Waals surface area contributed by atoms with Gasteiger partial charge >= 0.3 is 6.18 Å². The molecule has 0 spiro atoms. The largest absolute Gasteiger partial charge is 0.416 e. The molecule has 0 unspecified atom stereocenters. The number of rotatable bonds is 3. The van der Waals surface area contributed by atoms with Gasteiger partial charge in [-0.15, -0.1) is 0 Å². The normalized spacial score (nSPS) is 11.4. The van der Waals surface area contributed by atoms with Gasteiger partial charge in [-0.2, -0.15) is 18.7 Å². The number of hydroxylamine groups is 1. The van der Waals surface area contributed by atoms with Crippen LogP contribution in [0.15, 0.2) is 24.3 Å². The maximum Gasteiger partial charge on any atom is 0.416 e. The number of hydrogen-bond acceptors (Lipinski definition) is 2. The van der Waals surface area contributed by atoms with Gasteiger partial charge in [0.1, 0.15) is 5.75 Å². The van der Waals surface area contributed by atoms with Crippen LogP contribution in [0.1, 0.15) is 12.5 Å². The van der Waals surface area contributed by atoms with Gasteiger partial charge in [-0.25, -0.2) is 0 Å². The summed E-state index contributed by atoms with van der Waals surface area (Å²) in [5, 5.41) is 0. The van der Waals surface area contributed by atoms with E-state index >= 15 is 0 Å². The predicted octanol–water partition coefficient (Wildman–Crippen LogP) is 2.61.